The number of anilines is 1. The number of amides is 5. The van der Waals surface area contributed by atoms with Crippen molar-refractivity contribution in [1.29, 1.82) is 0 Å². The summed E-state index contributed by atoms with van der Waals surface area (Å²) in [6.07, 6.45) is 0. The molecule has 2 aromatic carbocycles. The molecule has 1 saturated heterocycles. The van der Waals surface area contributed by atoms with Crippen molar-refractivity contribution < 1.29 is 23.6 Å². The zero-order valence-electron chi connectivity index (χ0n) is 15.6. The standard InChI is InChI=1S/C20H19FN4O4/c1-20(13-5-3-2-4-6-13)18(28)25(19(29)24-20)12-17(27)22-11-16(26)23-15-9-7-14(21)8-10-15/h2-10H,11-12H2,1H3,(H,22,27)(H,23,26)(H,24,29)/t20-/m1/s1. The third-order valence-electron chi connectivity index (χ3n) is 4.50. The summed E-state index contributed by atoms with van der Waals surface area (Å²) in [4.78, 5) is 49.8. The first kappa shape index (κ1) is 20.0. The van der Waals surface area contributed by atoms with Crippen molar-refractivity contribution in [3.05, 3.63) is 66.0 Å². The van der Waals surface area contributed by atoms with E-state index in [-0.39, 0.29) is 6.54 Å². The summed E-state index contributed by atoms with van der Waals surface area (Å²) in [5.41, 5.74) is -0.295. The Hall–Kier alpha value is -3.75. The van der Waals surface area contributed by atoms with E-state index in [1.807, 2.05) is 0 Å². The minimum absolute atomic E-state index is 0.365. The predicted molar refractivity (Wildman–Crippen MR) is 102 cm³/mol. The molecule has 0 saturated carbocycles. The summed E-state index contributed by atoms with van der Waals surface area (Å²) in [5.74, 6) is -2.19. The van der Waals surface area contributed by atoms with Crippen LogP contribution in [0.25, 0.3) is 0 Å². The molecule has 0 aromatic heterocycles. The van der Waals surface area contributed by atoms with Gasteiger partial charge in [-0.05, 0) is 36.8 Å². The van der Waals surface area contributed by atoms with Gasteiger partial charge in [0.2, 0.25) is 11.8 Å². The molecule has 0 radical (unpaired) electrons. The van der Waals surface area contributed by atoms with E-state index >= 15 is 0 Å². The number of hydrogen-bond donors (Lipinski definition) is 3. The van der Waals surface area contributed by atoms with Crippen LogP contribution in [0.3, 0.4) is 0 Å². The molecule has 1 fully saturated rings. The second-order valence-electron chi connectivity index (χ2n) is 6.64. The Morgan fingerprint density at radius 2 is 1.69 bits per heavy atom. The van der Waals surface area contributed by atoms with E-state index in [9.17, 15) is 23.6 Å². The summed E-state index contributed by atoms with van der Waals surface area (Å²) in [6.45, 7) is 0.684. The number of carbonyl (C=O) groups excluding carboxylic acids is 4. The maximum absolute atomic E-state index is 12.9. The highest BCUT2D eigenvalue weighted by Gasteiger charge is 2.49. The van der Waals surface area contributed by atoms with E-state index in [4.69, 9.17) is 0 Å². The van der Waals surface area contributed by atoms with Gasteiger partial charge >= 0.3 is 6.03 Å². The van der Waals surface area contributed by atoms with E-state index in [0.717, 1.165) is 4.90 Å². The van der Waals surface area contributed by atoms with Crippen LogP contribution < -0.4 is 16.0 Å². The van der Waals surface area contributed by atoms with E-state index in [2.05, 4.69) is 16.0 Å². The zero-order chi connectivity index (χ0) is 21.0. The maximum Gasteiger partial charge on any atom is 0.325 e. The molecule has 0 unspecified atom stereocenters. The summed E-state index contributed by atoms with van der Waals surface area (Å²) in [6, 6.07) is 13.2. The quantitative estimate of drug-likeness (QED) is 0.639. The van der Waals surface area contributed by atoms with Gasteiger partial charge in [-0.2, -0.15) is 0 Å². The largest absolute Gasteiger partial charge is 0.345 e. The molecule has 8 nitrogen and oxygen atoms in total. The molecule has 1 aliphatic heterocycles. The lowest BCUT2D eigenvalue weighted by Gasteiger charge is -2.22. The van der Waals surface area contributed by atoms with E-state index in [1.54, 1.807) is 37.3 Å². The molecule has 2 aromatic rings. The highest BCUT2D eigenvalue weighted by Crippen LogP contribution is 2.28. The molecular weight excluding hydrogens is 379 g/mol. The number of nitrogens with zero attached hydrogens (tertiary/aromatic N) is 1. The first-order valence-electron chi connectivity index (χ1n) is 8.81. The van der Waals surface area contributed by atoms with Gasteiger partial charge in [-0.25, -0.2) is 9.18 Å². The Kier molecular flexibility index (Phi) is 5.58. The normalized spacial score (nSPS) is 18.3. The fourth-order valence-corrected chi connectivity index (χ4v) is 2.92. The SMILES string of the molecule is C[C@]1(c2ccccc2)NC(=O)N(CC(=O)NCC(=O)Nc2ccc(F)cc2)C1=O. The Labute approximate surface area is 166 Å². The number of halogens is 1. The van der Waals surface area contributed by atoms with Crippen molar-refractivity contribution in [1.82, 2.24) is 15.5 Å². The van der Waals surface area contributed by atoms with Crippen LogP contribution >= 0.6 is 0 Å². The molecule has 1 atom stereocenters. The molecule has 0 aliphatic carbocycles. The van der Waals surface area contributed by atoms with E-state index in [1.165, 1.54) is 24.3 Å². The van der Waals surface area contributed by atoms with Crippen LogP contribution in [0.15, 0.2) is 54.6 Å². The van der Waals surface area contributed by atoms with Gasteiger partial charge in [0.05, 0.1) is 6.54 Å². The number of nitrogens with one attached hydrogen (secondary N) is 3. The average molecular weight is 398 g/mol. The number of rotatable bonds is 6. The molecule has 0 spiro atoms. The van der Waals surface area contributed by atoms with E-state index in [0.29, 0.717) is 11.3 Å². The highest BCUT2D eigenvalue weighted by molar-refractivity contribution is 6.09. The number of hydrogen-bond acceptors (Lipinski definition) is 4. The van der Waals surface area contributed by atoms with Crippen molar-refractivity contribution in [3.8, 4) is 0 Å². The second-order valence-corrected chi connectivity index (χ2v) is 6.64. The maximum atomic E-state index is 12.9. The van der Waals surface area contributed by atoms with Crippen LogP contribution in [0.2, 0.25) is 0 Å². The lowest BCUT2D eigenvalue weighted by molar-refractivity contribution is -0.135. The van der Waals surface area contributed by atoms with Gasteiger partial charge in [-0.15, -0.1) is 0 Å². The van der Waals surface area contributed by atoms with Crippen LogP contribution in [-0.4, -0.2) is 41.7 Å². The molecule has 29 heavy (non-hydrogen) atoms. The summed E-state index contributed by atoms with van der Waals surface area (Å²) < 4.78 is 12.9. The number of carbonyl (C=O) groups is 4. The Bertz CT molecular complexity index is 949. The first-order valence-corrected chi connectivity index (χ1v) is 8.81. The molecule has 3 N–H and O–H groups in total. The van der Waals surface area contributed by atoms with Gasteiger partial charge in [0.25, 0.3) is 5.91 Å². The van der Waals surface area contributed by atoms with Gasteiger partial charge in [-0.1, -0.05) is 30.3 Å². The van der Waals surface area contributed by atoms with Gasteiger partial charge < -0.3 is 16.0 Å². The fourth-order valence-electron chi connectivity index (χ4n) is 2.92. The molecule has 150 valence electrons. The van der Waals surface area contributed by atoms with Crippen LogP contribution in [0.5, 0.6) is 0 Å². The molecular formula is C20H19FN4O4. The molecule has 5 amide bonds. The summed E-state index contributed by atoms with van der Waals surface area (Å²) >= 11 is 0. The number of benzene rings is 2. The number of imide groups is 1. The molecule has 3 rings (SSSR count). The summed E-state index contributed by atoms with van der Waals surface area (Å²) in [7, 11) is 0. The van der Waals surface area contributed by atoms with Gasteiger partial charge in [-0.3, -0.25) is 19.3 Å². The van der Waals surface area contributed by atoms with Gasteiger partial charge in [0.15, 0.2) is 0 Å². The Morgan fingerprint density at radius 3 is 2.34 bits per heavy atom. The van der Waals surface area contributed by atoms with E-state index < -0.39 is 41.7 Å². The Balaban J connectivity index is 1.55. The minimum Gasteiger partial charge on any atom is -0.345 e. The lowest BCUT2D eigenvalue weighted by atomic mass is 9.92. The van der Waals surface area contributed by atoms with Crippen molar-refractivity contribution >= 4 is 29.4 Å². The molecule has 0 bridgehead atoms. The van der Waals surface area contributed by atoms with Crippen molar-refractivity contribution in [3.63, 3.8) is 0 Å². The number of urea groups is 1. The smallest absolute Gasteiger partial charge is 0.325 e. The topological polar surface area (TPSA) is 108 Å². The van der Waals surface area contributed by atoms with Crippen molar-refractivity contribution in [2.45, 2.75) is 12.5 Å². The Morgan fingerprint density at radius 1 is 1.03 bits per heavy atom. The van der Waals surface area contributed by atoms with Crippen molar-refractivity contribution in [2.75, 3.05) is 18.4 Å². The first-order chi connectivity index (χ1) is 13.8. The third-order valence-corrected chi connectivity index (χ3v) is 4.50. The molecule has 1 aliphatic rings. The second kappa shape index (κ2) is 8.09. The van der Waals surface area contributed by atoms with Crippen molar-refractivity contribution in [2.24, 2.45) is 0 Å². The van der Waals surface area contributed by atoms with Crippen LogP contribution in [0.1, 0.15) is 12.5 Å². The fraction of sp³-hybridized carbons (Fsp3) is 0.200. The summed E-state index contributed by atoms with van der Waals surface area (Å²) in [5, 5.41) is 7.44. The molecule has 9 heteroatoms. The van der Waals surface area contributed by atoms with Gasteiger partial charge in [0.1, 0.15) is 17.9 Å². The zero-order valence-corrected chi connectivity index (χ0v) is 15.6. The third kappa shape index (κ3) is 4.40. The van der Waals surface area contributed by atoms with Crippen LogP contribution in [0, 0.1) is 5.82 Å². The van der Waals surface area contributed by atoms with Crippen LogP contribution in [0.4, 0.5) is 14.9 Å². The van der Waals surface area contributed by atoms with Crippen LogP contribution in [-0.2, 0) is 19.9 Å². The predicted octanol–water partition coefficient (Wildman–Crippen LogP) is 1.35. The van der Waals surface area contributed by atoms with Gasteiger partial charge in [0, 0.05) is 5.69 Å². The highest BCUT2D eigenvalue weighted by atomic mass is 19.1. The minimum atomic E-state index is -1.27. The lowest BCUT2D eigenvalue weighted by Crippen LogP contribution is -2.44. The monoisotopic (exact) mass is 398 g/mol. The molecule has 1 heterocycles. The average Bonchev–Trinajstić information content (AvgIpc) is 2.93.